The standard InChI is InChI=1S/C16H19FN2/c1-10-7-11(2)16(12(3)8-10)19-15-6-4-5-14(17)13(15)9-18/h4-8,19H,9,18H2,1-3H3. The predicted molar refractivity (Wildman–Crippen MR) is 78.2 cm³/mol. The quantitative estimate of drug-likeness (QED) is 0.874. The first-order valence-electron chi connectivity index (χ1n) is 6.35. The lowest BCUT2D eigenvalue weighted by atomic mass is 10.0. The topological polar surface area (TPSA) is 38.0 Å². The Hall–Kier alpha value is -1.87. The van der Waals surface area contributed by atoms with Crippen LogP contribution in [0.1, 0.15) is 22.3 Å². The molecule has 0 aromatic heterocycles. The number of aryl methyl sites for hydroxylation is 3. The molecule has 3 N–H and O–H groups in total. The second kappa shape index (κ2) is 5.41. The zero-order valence-electron chi connectivity index (χ0n) is 11.5. The smallest absolute Gasteiger partial charge is 0.129 e. The van der Waals surface area contributed by atoms with Crippen LogP contribution in [0.5, 0.6) is 0 Å². The summed E-state index contributed by atoms with van der Waals surface area (Å²) in [5.41, 5.74) is 11.4. The third kappa shape index (κ3) is 2.76. The first-order chi connectivity index (χ1) is 9.02. The lowest BCUT2D eigenvalue weighted by molar-refractivity contribution is 0.611. The number of anilines is 2. The van der Waals surface area contributed by atoms with E-state index in [4.69, 9.17) is 5.73 Å². The molecule has 3 heteroatoms. The fraction of sp³-hybridized carbons (Fsp3) is 0.250. The first kappa shape index (κ1) is 13.6. The van der Waals surface area contributed by atoms with Gasteiger partial charge in [0.25, 0.3) is 0 Å². The van der Waals surface area contributed by atoms with Gasteiger partial charge in [-0.15, -0.1) is 0 Å². The van der Waals surface area contributed by atoms with Gasteiger partial charge in [0.1, 0.15) is 5.82 Å². The molecule has 0 unspecified atom stereocenters. The molecule has 0 aliphatic carbocycles. The maximum absolute atomic E-state index is 13.7. The van der Waals surface area contributed by atoms with E-state index in [-0.39, 0.29) is 12.4 Å². The minimum absolute atomic E-state index is 0.180. The zero-order valence-corrected chi connectivity index (χ0v) is 11.5. The average molecular weight is 258 g/mol. The molecule has 0 atom stereocenters. The molecule has 0 saturated carbocycles. The summed E-state index contributed by atoms with van der Waals surface area (Å²) in [6, 6.07) is 9.19. The molecule has 0 aliphatic heterocycles. The van der Waals surface area contributed by atoms with Gasteiger partial charge in [0.05, 0.1) is 0 Å². The van der Waals surface area contributed by atoms with Crippen LogP contribution < -0.4 is 11.1 Å². The number of halogens is 1. The molecule has 0 spiro atoms. The van der Waals surface area contributed by atoms with Crippen LogP contribution in [0.4, 0.5) is 15.8 Å². The molecule has 0 saturated heterocycles. The summed E-state index contributed by atoms with van der Waals surface area (Å²) in [6.45, 7) is 6.34. The van der Waals surface area contributed by atoms with Crippen LogP contribution in [-0.4, -0.2) is 0 Å². The van der Waals surface area contributed by atoms with Crippen molar-refractivity contribution in [1.29, 1.82) is 0 Å². The van der Waals surface area contributed by atoms with Gasteiger partial charge in [-0.25, -0.2) is 4.39 Å². The average Bonchev–Trinajstić information content (AvgIpc) is 2.34. The molecule has 0 bridgehead atoms. The number of nitrogens with one attached hydrogen (secondary N) is 1. The van der Waals surface area contributed by atoms with Crippen molar-refractivity contribution in [2.45, 2.75) is 27.3 Å². The van der Waals surface area contributed by atoms with Crippen LogP contribution in [0.3, 0.4) is 0 Å². The predicted octanol–water partition coefficient (Wildman–Crippen LogP) is 3.95. The Morgan fingerprint density at radius 3 is 2.32 bits per heavy atom. The minimum Gasteiger partial charge on any atom is -0.355 e. The number of rotatable bonds is 3. The molecule has 2 rings (SSSR count). The molecule has 0 aliphatic rings. The lowest BCUT2D eigenvalue weighted by Crippen LogP contribution is -2.06. The Morgan fingerprint density at radius 1 is 1.11 bits per heavy atom. The maximum Gasteiger partial charge on any atom is 0.129 e. The number of nitrogens with two attached hydrogens (primary N) is 1. The molecular formula is C16H19FN2. The van der Waals surface area contributed by atoms with Crippen molar-refractivity contribution in [3.05, 3.63) is 58.4 Å². The highest BCUT2D eigenvalue weighted by Gasteiger charge is 2.09. The summed E-state index contributed by atoms with van der Waals surface area (Å²) in [7, 11) is 0. The summed E-state index contributed by atoms with van der Waals surface area (Å²) < 4.78 is 13.7. The van der Waals surface area contributed by atoms with Crippen LogP contribution >= 0.6 is 0 Å². The molecule has 2 aromatic rings. The van der Waals surface area contributed by atoms with E-state index >= 15 is 0 Å². The van der Waals surface area contributed by atoms with Gasteiger partial charge in [-0.3, -0.25) is 0 Å². The molecule has 2 nitrogen and oxygen atoms in total. The van der Waals surface area contributed by atoms with Gasteiger partial charge in [0.15, 0.2) is 0 Å². The van der Waals surface area contributed by atoms with Crippen LogP contribution in [0.25, 0.3) is 0 Å². The molecule has 0 amide bonds. The van der Waals surface area contributed by atoms with E-state index in [1.54, 1.807) is 6.07 Å². The Kier molecular flexibility index (Phi) is 3.86. The summed E-state index contributed by atoms with van der Waals surface area (Å²) in [4.78, 5) is 0. The van der Waals surface area contributed by atoms with Crippen LogP contribution in [0.2, 0.25) is 0 Å². The van der Waals surface area contributed by atoms with E-state index in [0.29, 0.717) is 5.56 Å². The van der Waals surface area contributed by atoms with E-state index < -0.39 is 0 Å². The minimum atomic E-state index is -0.269. The van der Waals surface area contributed by atoms with Gasteiger partial charge in [-0.1, -0.05) is 23.8 Å². The highest BCUT2D eigenvalue weighted by molar-refractivity contribution is 5.69. The van der Waals surface area contributed by atoms with Crippen molar-refractivity contribution in [1.82, 2.24) is 0 Å². The Morgan fingerprint density at radius 2 is 1.74 bits per heavy atom. The van der Waals surface area contributed by atoms with Crippen LogP contribution in [-0.2, 0) is 6.54 Å². The molecule has 100 valence electrons. The summed E-state index contributed by atoms with van der Waals surface area (Å²) in [5.74, 6) is -0.269. The second-order valence-corrected chi connectivity index (χ2v) is 4.87. The highest BCUT2D eigenvalue weighted by atomic mass is 19.1. The fourth-order valence-corrected chi connectivity index (χ4v) is 2.40. The van der Waals surface area contributed by atoms with Crippen molar-refractivity contribution in [3.8, 4) is 0 Å². The van der Waals surface area contributed by atoms with Gasteiger partial charge in [-0.2, -0.15) is 0 Å². The van der Waals surface area contributed by atoms with E-state index in [1.165, 1.54) is 11.6 Å². The van der Waals surface area contributed by atoms with Crippen molar-refractivity contribution in [3.63, 3.8) is 0 Å². The normalized spacial score (nSPS) is 10.6. The molecular weight excluding hydrogens is 239 g/mol. The van der Waals surface area contributed by atoms with E-state index in [0.717, 1.165) is 22.5 Å². The Labute approximate surface area is 113 Å². The molecule has 19 heavy (non-hydrogen) atoms. The molecule has 0 fully saturated rings. The number of hydrogen-bond donors (Lipinski definition) is 2. The van der Waals surface area contributed by atoms with Gasteiger partial charge >= 0.3 is 0 Å². The van der Waals surface area contributed by atoms with E-state index in [9.17, 15) is 4.39 Å². The SMILES string of the molecule is Cc1cc(C)c(Nc2cccc(F)c2CN)c(C)c1. The third-order valence-electron chi connectivity index (χ3n) is 3.26. The van der Waals surface area contributed by atoms with Crippen molar-refractivity contribution < 1.29 is 4.39 Å². The largest absolute Gasteiger partial charge is 0.355 e. The summed E-state index contributed by atoms with van der Waals surface area (Å²) in [5, 5.41) is 3.31. The molecule has 0 radical (unpaired) electrons. The monoisotopic (exact) mass is 258 g/mol. The van der Waals surface area contributed by atoms with E-state index in [1.807, 2.05) is 19.9 Å². The van der Waals surface area contributed by atoms with Crippen molar-refractivity contribution in [2.24, 2.45) is 5.73 Å². The molecule has 2 aromatic carbocycles. The summed E-state index contributed by atoms with van der Waals surface area (Å²) >= 11 is 0. The van der Waals surface area contributed by atoms with Crippen molar-refractivity contribution >= 4 is 11.4 Å². The zero-order chi connectivity index (χ0) is 14.0. The highest BCUT2D eigenvalue weighted by Crippen LogP contribution is 2.28. The number of benzene rings is 2. The summed E-state index contributed by atoms with van der Waals surface area (Å²) in [6.07, 6.45) is 0. The lowest BCUT2D eigenvalue weighted by Gasteiger charge is -2.16. The fourth-order valence-electron chi connectivity index (χ4n) is 2.40. The Bertz CT molecular complexity index is 583. The van der Waals surface area contributed by atoms with Gasteiger partial charge in [0.2, 0.25) is 0 Å². The molecule has 0 heterocycles. The van der Waals surface area contributed by atoms with Gasteiger partial charge < -0.3 is 11.1 Å². The van der Waals surface area contributed by atoms with Gasteiger partial charge in [0, 0.05) is 23.5 Å². The van der Waals surface area contributed by atoms with Gasteiger partial charge in [-0.05, 0) is 44.0 Å². The second-order valence-electron chi connectivity index (χ2n) is 4.87. The van der Waals surface area contributed by atoms with Crippen LogP contribution in [0.15, 0.2) is 30.3 Å². The Balaban J connectivity index is 2.45. The number of hydrogen-bond acceptors (Lipinski definition) is 2. The van der Waals surface area contributed by atoms with Crippen molar-refractivity contribution in [2.75, 3.05) is 5.32 Å². The maximum atomic E-state index is 13.7. The first-order valence-corrected chi connectivity index (χ1v) is 6.35. The third-order valence-corrected chi connectivity index (χ3v) is 3.26. The van der Waals surface area contributed by atoms with E-state index in [2.05, 4.69) is 24.4 Å². The van der Waals surface area contributed by atoms with Crippen LogP contribution in [0, 0.1) is 26.6 Å².